The number of carboxylic acid groups (broad SMARTS) is 1. The van der Waals surface area contributed by atoms with Gasteiger partial charge < -0.3 is 21.1 Å². The molecule has 1 amide bonds. The van der Waals surface area contributed by atoms with E-state index < -0.39 is 11.6 Å². The third-order valence-corrected chi connectivity index (χ3v) is 3.12. The molecule has 1 aliphatic heterocycles. The number of aromatic nitrogens is 3. The molecule has 4 N–H and O–H groups in total. The monoisotopic (exact) mass is 252 g/mol. The van der Waals surface area contributed by atoms with E-state index in [0.717, 1.165) is 0 Å². The predicted molar refractivity (Wildman–Crippen MR) is 65.3 cm³/mol. The number of nitrogens with two attached hydrogens (primary N) is 1. The molecule has 18 heavy (non-hydrogen) atoms. The number of piperidine rings is 1. The molecule has 0 spiro atoms. The van der Waals surface area contributed by atoms with Crippen molar-refractivity contribution in [2.45, 2.75) is 25.3 Å². The third kappa shape index (κ3) is 2.76. The summed E-state index contributed by atoms with van der Waals surface area (Å²) in [7, 11) is 0. The van der Waals surface area contributed by atoms with Crippen molar-refractivity contribution >= 4 is 17.9 Å². The molecule has 1 aromatic rings. The number of rotatable bonds is 2. The first-order chi connectivity index (χ1) is 8.48. The summed E-state index contributed by atoms with van der Waals surface area (Å²) in [5.41, 5.74) is 5.16. The van der Waals surface area contributed by atoms with E-state index in [4.69, 9.17) is 10.8 Å². The molecule has 2 heterocycles. The summed E-state index contributed by atoms with van der Waals surface area (Å²) in [4.78, 5) is 16.7. The first-order valence-corrected chi connectivity index (χ1v) is 5.70. The lowest BCUT2D eigenvalue weighted by Gasteiger charge is -2.38. The van der Waals surface area contributed by atoms with E-state index in [2.05, 4.69) is 20.5 Å². The molecular formula is C10H16N6O2. The maximum Gasteiger partial charge on any atom is 0.405 e. The minimum absolute atomic E-state index is 0.331. The largest absolute Gasteiger partial charge is 0.465 e. The van der Waals surface area contributed by atoms with Gasteiger partial charge in [0.15, 0.2) is 0 Å². The van der Waals surface area contributed by atoms with Gasteiger partial charge in [0.25, 0.3) is 0 Å². The smallest absolute Gasteiger partial charge is 0.405 e. The highest BCUT2D eigenvalue weighted by molar-refractivity contribution is 5.65. The fourth-order valence-corrected chi connectivity index (χ4v) is 2.02. The van der Waals surface area contributed by atoms with Crippen LogP contribution in [0.4, 0.5) is 16.6 Å². The van der Waals surface area contributed by atoms with Crippen molar-refractivity contribution in [3.8, 4) is 0 Å². The van der Waals surface area contributed by atoms with Crippen LogP contribution in [-0.4, -0.2) is 45.0 Å². The van der Waals surface area contributed by atoms with E-state index in [-0.39, 0.29) is 0 Å². The van der Waals surface area contributed by atoms with Crippen molar-refractivity contribution in [2.24, 2.45) is 0 Å². The van der Waals surface area contributed by atoms with Crippen LogP contribution >= 0.6 is 0 Å². The molecule has 0 saturated carbocycles. The number of carbonyl (C=O) groups is 1. The quantitative estimate of drug-likeness (QED) is 0.682. The maximum absolute atomic E-state index is 10.7. The van der Waals surface area contributed by atoms with Gasteiger partial charge in [-0.05, 0) is 19.8 Å². The highest BCUT2D eigenvalue weighted by Crippen LogP contribution is 2.23. The van der Waals surface area contributed by atoms with E-state index in [0.29, 0.717) is 37.7 Å². The second kappa shape index (κ2) is 4.63. The van der Waals surface area contributed by atoms with Gasteiger partial charge in [0.2, 0.25) is 5.95 Å². The topological polar surface area (TPSA) is 117 Å². The van der Waals surface area contributed by atoms with Crippen LogP contribution in [-0.2, 0) is 0 Å². The Morgan fingerprint density at radius 1 is 1.56 bits per heavy atom. The van der Waals surface area contributed by atoms with Gasteiger partial charge in [-0.15, -0.1) is 5.10 Å². The van der Waals surface area contributed by atoms with Gasteiger partial charge >= 0.3 is 6.09 Å². The van der Waals surface area contributed by atoms with Crippen molar-refractivity contribution in [3.05, 3.63) is 6.20 Å². The van der Waals surface area contributed by atoms with E-state index in [1.54, 1.807) is 0 Å². The second-order valence-corrected chi connectivity index (χ2v) is 4.66. The molecule has 2 rings (SSSR count). The Morgan fingerprint density at radius 2 is 2.22 bits per heavy atom. The molecule has 1 aromatic heterocycles. The number of nitrogens with zero attached hydrogens (tertiary/aromatic N) is 4. The second-order valence-electron chi connectivity index (χ2n) is 4.66. The molecule has 1 saturated heterocycles. The van der Waals surface area contributed by atoms with Crippen molar-refractivity contribution in [3.63, 3.8) is 0 Å². The van der Waals surface area contributed by atoms with Gasteiger partial charge in [-0.1, -0.05) is 0 Å². The maximum atomic E-state index is 10.7. The minimum Gasteiger partial charge on any atom is -0.465 e. The Kier molecular flexibility index (Phi) is 3.17. The molecule has 8 nitrogen and oxygen atoms in total. The van der Waals surface area contributed by atoms with Crippen molar-refractivity contribution < 1.29 is 9.90 Å². The van der Waals surface area contributed by atoms with E-state index >= 15 is 0 Å². The van der Waals surface area contributed by atoms with Gasteiger partial charge in [-0.3, -0.25) is 0 Å². The van der Waals surface area contributed by atoms with E-state index in [9.17, 15) is 4.79 Å². The molecule has 98 valence electrons. The van der Waals surface area contributed by atoms with Gasteiger partial charge in [0.05, 0.1) is 6.20 Å². The first kappa shape index (κ1) is 12.3. The Labute approximate surface area is 104 Å². The Morgan fingerprint density at radius 3 is 2.78 bits per heavy atom. The highest BCUT2D eigenvalue weighted by Gasteiger charge is 2.32. The molecule has 0 bridgehead atoms. The number of amides is 1. The SMILES string of the molecule is CC1(NC(=O)O)CCN(c2nncc(N)n2)CC1. The molecule has 0 aromatic carbocycles. The third-order valence-electron chi connectivity index (χ3n) is 3.12. The van der Waals surface area contributed by atoms with Crippen LogP contribution in [0.3, 0.4) is 0 Å². The predicted octanol–water partition coefficient (Wildman–Crippen LogP) is 0.0803. The average molecular weight is 252 g/mol. The fraction of sp³-hybridized carbons (Fsp3) is 0.600. The zero-order valence-electron chi connectivity index (χ0n) is 10.1. The molecular weight excluding hydrogens is 236 g/mol. The number of nitrogen functional groups attached to an aromatic ring is 1. The number of hydrogen-bond donors (Lipinski definition) is 3. The zero-order chi connectivity index (χ0) is 13.2. The molecule has 0 atom stereocenters. The standard InChI is InChI=1S/C10H16N6O2/c1-10(14-9(17)18)2-4-16(5-3-10)8-13-7(11)6-12-15-8/h6,14H,2-5H2,1H3,(H,17,18)(H2,11,13,15). The van der Waals surface area contributed by atoms with Gasteiger partial charge in [0, 0.05) is 18.6 Å². The normalized spacial score (nSPS) is 18.4. The Bertz CT molecular complexity index is 444. The van der Waals surface area contributed by atoms with E-state index in [1.807, 2.05) is 11.8 Å². The fourth-order valence-electron chi connectivity index (χ4n) is 2.02. The van der Waals surface area contributed by atoms with Crippen LogP contribution in [0.1, 0.15) is 19.8 Å². The van der Waals surface area contributed by atoms with E-state index in [1.165, 1.54) is 6.20 Å². The summed E-state index contributed by atoms with van der Waals surface area (Å²) in [6.07, 6.45) is 1.78. The highest BCUT2D eigenvalue weighted by atomic mass is 16.4. The average Bonchev–Trinajstić information content (AvgIpc) is 2.28. The summed E-state index contributed by atoms with van der Waals surface area (Å²) in [5.74, 6) is 0.823. The van der Waals surface area contributed by atoms with Gasteiger partial charge in [-0.25, -0.2) is 4.79 Å². The lowest BCUT2D eigenvalue weighted by atomic mass is 9.90. The van der Waals surface area contributed by atoms with Crippen molar-refractivity contribution in [1.29, 1.82) is 0 Å². The molecule has 1 aliphatic rings. The molecule has 0 radical (unpaired) electrons. The van der Waals surface area contributed by atoms with Crippen LogP contribution in [0.5, 0.6) is 0 Å². The lowest BCUT2D eigenvalue weighted by Crippen LogP contribution is -2.53. The van der Waals surface area contributed by atoms with Crippen LogP contribution in [0.2, 0.25) is 0 Å². The first-order valence-electron chi connectivity index (χ1n) is 5.70. The van der Waals surface area contributed by atoms with Crippen molar-refractivity contribution in [1.82, 2.24) is 20.5 Å². The minimum atomic E-state index is -0.993. The Hall–Kier alpha value is -2.12. The molecule has 8 heteroatoms. The summed E-state index contributed by atoms with van der Waals surface area (Å²) in [6, 6.07) is 0. The summed E-state index contributed by atoms with van der Waals surface area (Å²) in [6.45, 7) is 3.24. The number of hydrogen-bond acceptors (Lipinski definition) is 6. The summed E-state index contributed by atoms with van der Waals surface area (Å²) in [5, 5.41) is 19.0. The molecule has 0 unspecified atom stereocenters. The number of anilines is 2. The van der Waals surface area contributed by atoms with Crippen LogP contribution < -0.4 is 16.0 Å². The summed E-state index contributed by atoms with van der Waals surface area (Å²) >= 11 is 0. The Balaban J connectivity index is 2.00. The van der Waals surface area contributed by atoms with Crippen LogP contribution in [0, 0.1) is 0 Å². The lowest BCUT2D eigenvalue weighted by molar-refractivity contribution is 0.173. The van der Waals surface area contributed by atoms with Gasteiger partial charge in [0.1, 0.15) is 5.82 Å². The zero-order valence-corrected chi connectivity index (χ0v) is 10.1. The molecule has 1 fully saturated rings. The van der Waals surface area contributed by atoms with Crippen LogP contribution in [0.15, 0.2) is 6.20 Å². The van der Waals surface area contributed by atoms with Crippen LogP contribution in [0.25, 0.3) is 0 Å². The summed E-state index contributed by atoms with van der Waals surface area (Å²) < 4.78 is 0. The van der Waals surface area contributed by atoms with Gasteiger partial charge in [-0.2, -0.15) is 10.1 Å². The van der Waals surface area contributed by atoms with Crippen molar-refractivity contribution in [2.75, 3.05) is 23.7 Å². The number of nitrogens with one attached hydrogen (secondary N) is 1. The molecule has 0 aliphatic carbocycles.